The van der Waals surface area contributed by atoms with Crippen LogP contribution in [0.15, 0.2) is 71.6 Å². The molecule has 1 heterocycles. The van der Waals surface area contributed by atoms with Crippen LogP contribution >= 0.6 is 0 Å². The van der Waals surface area contributed by atoms with Gasteiger partial charge in [-0.15, -0.1) is 0 Å². The third-order valence-corrected chi connectivity index (χ3v) is 6.98. The average molecular weight is 482 g/mol. The lowest BCUT2D eigenvalue weighted by Crippen LogP contribution is -2.36. The molecule has 0 spiro atoms. The number of sulfonamides is 1. The van der Waals surface area contributed by atoms with Crippen LogP contribution in [-0.2, 0) is 14.8 Å². The van der Waals surface area contributed by atoms with Crippen LogP contribution in [0.2, 0.25) is 0 Å². The van der Waals surface area contributed by atoms with E-state index in [9.17, 15) is 13.2 Å². The zero-order chi connectivity index (χ0) is 24.1. The summed E-state index contributed by atoms with van der Waals surface area (Å²) in [6.07, 6.45) is 0. The minimum absolute atomic E-state index is 0.0179. The Balaban J connectivity index is 1.60. The molecule has 1 aliphatic heterocycles. The number of para-hydroxylation sites is 4. The molecule has 8 nitrogen and oxygen atoms in total. The van der Waals surface area contributed by atoms with Gasteiger partial charge in [0.25, 0.3) is 15.9 Å². The number of morpholine rings is 1. The van der Waals surface area contributed by atoms with Crippen LogP contribution in [0.3, 0.4) is 0 Å². The van der Waals surface area contributed by atoms with Crippen molar-refractivity contribution in [2.24, 2.45) is 0 Å². The number of carbonyl (C=O) groups is 1. The minimum atomic E-state index is -3.95. The number of anilines is 3. The van der Waals surface area contributed by atoms with Gasteiger partial charge in [0.2, 0.25) is 0 Å². The standard InChI is InChI=1S/C25H27N3O5S/c1-18-11-12-19(34(30,31)27-22-8-4-6-10-24(22)32-2)17-20(18)25(29)26-21-7-3-5-9-23(21)28-13-15-33-16-14-28/h3-12,17,27H,13-16H2,1-2H3,(H,26,29). The smallest absolute Gasteiger partial charge is 0.262 e. The van der Waals surface area contributed by atoms with Crippen LogP contribution in [0.4, 0.5) is 17.1 Å². The fraction of sp³-hybridized carbons (Fsp3) is 0.240. The van der Waals surface area contributed by atoms with Gasteiger partial charge in [-0.1, -0.05) is 30.3 Å². The number of nitrogens with zero attached hydrogens (tertiary/aromatic N) is 1. The van der Waals surface area contributed by atoms with E-state index in [1.807, 2.05) is 24.3 Å². The predicted octanol–water partition coefficient (Wildman–Crippen LogP) is 3.89. The molecule has 0 aliphatic carbocycles. The summed E-state index contributed by atoms with van der Waals surface area (Å²) in [7, 11) is -2.48. The number of ether oxygens (including phenoxy) is 2. The largest absolute Gasteiger partial charge is 0.495 e. The van der Waals surface area contributed by atoms with Gasteiger partial charge in [-0.3, -0.25) is 9.52 Å². The second-order valence-corrected chi connectivity index (χ2v) is 9.54. The lowest BCUT2D eigenvalue weighted by Gasteiger charge is -2.30. The van der Waals surface area contributed by atoms with Crippen molar-refractivity contribution in [3.8, 4) is 5.75 Å². The molecule has 9 heteroatoms. The maximum absolute atomic E-state index is 13.2. The van der Waals surface area contributed by atoms with Crippen molar-refractivity contribution >= 4 is 33.0 Å². The highest BCUT2D eigenvalue weighted by atomic mass is 32.2. The number of methoxy groups -OCH3 is 1. The fourth-order valence-corrected chi connectivity index (χ4v) is 4.89. The van der Waals surface area contributed by atoms with E-state index in [0.717, 1.165) is 18.8 Å². The number of nitrogens with one attached hydrogen (secondary N) is 2. The number of amides is 1. The van der Waals surface area contributed by atoms with Crippen LogP contribution < -0.4 is 19.7 Å². The zero-order valence-corrected chi connectivity index (χ0v) is 19.9. The van der Waals surface area contributed by atoms with Gasteiger partial charge < -0.3 is 19.7 Å². The zero-order valence-electron chi connectivity index (χ0n) is 19.1. The summed E-state index contributed by atoms with van der Waals surface area (Å²) in [6, 6.07) is 18.8. The molecule has 0 radical (unpaired) electrons. The highest BCUT2D eigenvalue weighted by Crippen LogP contribution is 2.29. The maximum atomic E-state index is 13.2. The van der Waals surface area contributed by atoms with E-state index in [2.05, 4.69) is 14.9 Å². The molecular formula is C25H27N3O5S. The second kappa shape index (κ2) is 10.1. The van der Waals surface area contributed by atoms with Gasteiger partial charge in [0, 0.05) is 18.7 Å². The molecule has 1 amide bonds. The molecule has 3 aromatic carbocycles. The molecule has 0 aromatic heterocycles. The highest BCUT2D eigenvalue weighted by Gasteiger charge is 2.21. The first kappa shape index (κ1) is 23.6. The number of hydrogen-bond acceptors (Lipinski definition) is 6. The number of rotatable bonds is 7. The van der Waals surface area contributed by atoms with Gasteiger partial charge in [0.1, 0.15) is 5.75 Å². The summed E-state index contributed by atoms with van der Waals surface area (Å²) in [5, 5.41) is 2.95. The first-order valence-electron chi connectivity index (χ1n) is 10.9. The lowest BCUT2D eigenvalue weighted by atomic mass is 10.1. The summed E-state index contributed by atoms with van der Waals surface area (Å²) in [4.78, 5) is 15.4. The van der Waals surface area contributed by atoms with Crippen LogP contribution in [0.5, 0.6) is 5.75 Å². The van der Waals surface area contributed by atoms with Gasteiger partial charge in [0.15, 0.2) is 0 Å². The van der Waals surface area contributed by atoms with Crippen molar-refractivity contribution in [1.82, 2.24) is 0 Å². The summed E-state index contributed by atoms with van der Waals surface area (Å²) in [6.45, 7) is 4.48. The van der Waals surface area contributed by atoms with Crippen molar-refractivity contribution in [3.05, 3.63) is 77.9 Å². The SMILES string of the molecule is COc1ccccc1NS(=O)(=O)c1ccc(C)c(C(=O)Nc2ccccc2N2CCOCC2)c1. The topological polar surface area (TPSA) is 97.0 Å². The van der Waals surface area contributed by atoms with E-state index < -0.39 is 10.0 Å². The Kier molecular flexibility index (Phi) is 7.04. The summed E-state index contributed by atoms with van der Waals surface area (Å²) < 4.78 is 39.3. The van der Waals surface area contributed by atoms with Crippen molar-refractivity contribution in [2.75, 3.05) is 48.4 Å². The molecule has 2 N–H and O–H groups in total. The van der Waals surface area contributed by atoms with Gasteiger partial charge >= 0.3 is 0 Å². The van der Waals surface area contributed by atoms with Crippen LogP contribution in [0.25, 0.3) is 0 Å². The molecule has 34 heavy (non-hydrogen) atoms. The van der Waals surface area contributed by atoms with Crippen molar-refractivity contribution in [3.63, 3.8) is 0 Å². The van der Waals surface area contributed by atoms with E-state index in [1.54, 1.807) is 37.3 Å². The van der Waals surface area contributed by atoms with Crippen molar-refractivity contribution in [1.29, 1.82) is 0 Å². The summed E-state index contributed by atoms with van der Waals surface area (Å²) in [5.41, 5.74) is 2.82. The van der Waals surface area contributed by atoms with Crippen molar-refractivity contribution < 1.29 is 22.7 Å². The molecule has 0 unspecified atom stereocenters. The molecule has 1 saturated heterocycles. The molecule has 4 rings (SSSR count). The van der Waals surface area contributed by atoms with Gasteiger partial charge in [0.05, 0.1) is 42.3 Å². The monoisotopic (exact) mass is 481 g/mol. The Labute approximate surface area is 199 Å². The van der Waals surface area contributed by atoms with E-state index in [-0.39, 0.29) is 16.4 Å². The molecule has 178 valence electrons. The number of benzene rings is 3. The van der Waals surface area contributed by atoms with Crippen molar-refractivity contribution in [2.45, 2.75) is 11.8 Å². The molecule has 1 fully saturated rings. The second-order valence-electron chi connectivity index (χ2n) is 7.85. The first-order chi connectivity index (χ1) is 16.4. The van der Waals surface area contributed by atoms with E-state index in [4.69, 9.17) is 9.47 Å². The molecular weight excluding hydrogens is 454 g/mol. The van der Waals surface area contributed by atoms with E-state index >= 15 is 0 Å². The van der Waals surface area contributed by atoms with Gasteiger partial charge in [-0.25, -0.2) is 8.42 Å². The Hall–Kier alpha value is -3.56. The van der Waals surface area contributed by atoms with Crippen LogP contribution in [0.1, 0.15) is 15.9 Å². The Morgan fingerprint density at radius 3 is 2.38 bits per heavy atom. The Morgan fingerprint density at radius 2 is 1.65 bits per heavy atom. The van der Waals surface area contributed by atoms with E-state index in [1.165, 1.54) is 19.2 Å². The van der Waals surface area contributed by atoms with Gasteiger partial charge in [-0.2, -0.15) is 0 Å². The number of hydrogen-bond donors (Lipinski definition) is 2. The number of carbonyl (C=O) groups excluding carboxylic acids is 1. The highest BCUT2D eigenvalue weighted by molar-refractivity contribution is 7.92. The molecule has 0 atom stereocenters. The lowest BCUT2D eigenvalue weighted by molar-refractivity contribution is 0.102. The molecule has 0 bridgehead atoms. The first-order valence-corrected chi connectivity index (χ1v) is 12.4. The van der Waals surface area contributed by atoms with Crippen LogP contribution in [0, 0.1) is 6.92 Å². The Morgan fingerprint density at radius 1 is 0.971 bits per heavy atom. The average Bonchev–Trinajstić information content (AvgIpc) is 2.85. The maximum Gasteiger partial charge on any atom is 0.262 e. The van der Waals surface area contributed by atoms with Gasteiger partial charge in [-0.05, 0) is 48.9 Å². The quantitative estimate of drug-likeness (QED) is 0.531. The summed E-state index contributed by atoms with van der Waals surface area (Å²) >= 11 is 0. The minimum Gasteiger partial charge on any atom is -0.495 e. The van der Waals surface area contributed by atoms with E-state index in [0.29, 0.717) is 35.9 Å². The predicted molar refractivity (Wildman–Crippen MR) is 132 cm³/mol. The molecule has 0 saturated carbocycles. The molecule has 1 aliphatic rings. The summed E-state index contributed by atoms with van der Waals surface area (Å²) in [5.74, 6) is 0.0171. The number of aryl methyl sites for hydroxylation is 1. The Bertz CT molecular complexity index is 1290. The molecule has 3 aromatic rings. The normalized spacial score (nSPS) is 13.9. The third kappa shape index (κ3) is 5.16. The fourth-order valence-electron chi connectivity index (χ4n) is 3.79. The third-order valence-electron chi connectivity index (χ3n) is 5.62. The van der Waals surface area contributed by atoms with Crippen LogP contribution in [-0.4, -0.2) is 47.7 Å².